The number of hydrogen-bond donors (Lipinski definition) is 1. The van der Waals surface area contributed by atoms with E-state index in [0.717, 1.165) is 22.7 Å². The first-order chi connectivity index (χ1) is 18.9. The van der Waals surface area contributed by atoms with E-state index in [1.807, 2.05) is 79.2 Å². The molecule has 0 radical (unpaired) electrons. The van der Waals surface area contributed by atoms with Gasteiger partial charge in [0.15, 0.2) is 5.76 Å². The standard InChI is InChI=1S/C30H34N4O5/c1-20(2)28(26-16-27(37-3)32-39-26)30(36)34-18-23(35)15-24(34)29-31-13-14-33(29)17-22-11-7-8-12-25(22)38-19-21-9-5-4-6-10-21/h4-14,16,20,23-24,28,35H,15,17-19H2,1-3H3/t23-,24+,28?/m1/s1. The summed E-state index contributed by atoms with van der Waals surface area (Å²) in [5, 5.41) is 14.5. The number of carbonyl (C=O) groups is 1. The van der Waals surface area contributed by atoms with Crippen LogP contribution in [0.5, 0.6) is 11.6 Å². The lowest BCUT2D eigenvalue weighted by molar-refractivity contribution is -0.135. The van der Waals surface area contributed by atoms with E-state index in [1.54, 1.807) is 17.2 Å². The Morgan fingerprint density at radius 2 is 1.92 bits per heavy atom. The van der Waals surface area contributed by atoms with Gasteiger partial charge in [-0.05, 0) is 22.7 Å². The fraction of sp³-hybridized carbons (Fsp3) is 0.367. The Balaban J connectivity index is 1.38. The first-order valence-corrected chi connectivity index (χ1v) is 13.2. The van der Waals surface area contributed by atoms with Crippen LogP contribution in [0.3, 0.4) is 0 Å². The van der Waals surface area contributed by atoms with Gasteiger partial charge in [-0.25, -0.2) is 4.98 Å². The summed E-state index contributed by atoms with van der Waals surface area (Å²) < 4.78 is 18.8. The fourth-order valence-electron chi connectivity index (χ4n) is 5.18. The number of benzene rings is 2. The molecule has 0 saturated carbocycles. The van der Waals surface area contributed by atoms with Gasteiger partial charge in [0.05, 0.1) is 25.8 Å². The van der Waals surface area contributed by atoms with Crippen LogP contribution in [0.1, 0.15) is 54.9 Å². The number of para-hydroxylation sites is 1. The van der Waals surface area contributed by atoms with Gasteiger partial charge in [0.1, 0.15) is 24.1 Å². The first kappa shape index (κ1) is 26.5. The Morgan fingerprint density at radius 1 is 1.15 bits per heavy atom. The molecule has 5 rings (SSSR count). The molecule has 1 unspecified atom stereocenters. The van der Waals surface area contributed by atoms with E-state index in [0.29, 0.717) is 31.2 Å². The minimum Gasteiger partial charge on any atom is -0.489 e. The molecule has 1 aliphatic heterocycles. The van der Waals surface area contributed by atoms with Gasteiger partial charge >= 0.3 is 0 Å². The number of imidazole rings is 1. The molecule has 204 valence electrons. The summed E-state index contributed by atoms with van der Waals surface area (Å²) in [4.78, 5) is 20.3. The summed E-state index contributed by atoms with van der Waals surface area (Å²) in [5.74, 6) is 1.53. The molecule has 1 amide bonds. The number of carbonyl (C=O) groups excluding carboxylic acids is 1. The number of aromatic nitrogens is 3. The van der Waals surface area contributed by atoms with Crippen LogP contribution in [0.15, 0.2) is 77.6 Å². The largest absolute Gasteiger partial charge is 0.489 e. The van der Waals surface area contributed by atoms with Gasteiger partial charge in [0.2, 0.25) is 5.91 Å². The number of rotatable bonds is 10. The second-order valence-corrected chi connectivity index (χ2v) is 10.2. The number of aliphatic hydroxyl groups is 1. The maximum absolute atomic E-state index is 13.9. The zero-order valence-corrected chi connectivity index (χ0v) is 22.4. The minimum absolute atomic E-state index is 0.0538. The van der Waals surface area contributed by atoms with E-state index >= 15 is 0 Å². The van der Waals surface area contributed by atoms with Crippen LogP contribution in [-0.4, -0.2) is 50.4 Å². The number of methoxy groups -OCH3 is 1. The SMILES string of the molecule is COc1cc(C(C(=O)N2C[C@H](O)C[C@H]2c2nccn2Cc2ccccc2OCc2ccccc2)C(C)C)on1. The highest BCUT2D eigenvalue weighted by Crippen LogP contribution is 2.37. The van der Waals surface area contributed by atoms with Crippen LogP contribution in [0.25, 0.3) is 0 Å². The van der Waals surface area contributed by atoms with Crippen molar-refractivity contribution in [1.29, 1.82) is 0 Å². The number of hydrogen-bond acceptors (Lipinski definition) is 7. The van der Waals surface area contributed by atoms with Gasteiger partial charge in [-0.2, -0.15) is 0 Å². The molecule has 0 aliphatic carbocycles. The Morgan fingerprint density at radius 3 is 2.67 bits per heavy atom. The van der Waals surface area contributed by atoms with Crippen LogP contribution >= 0.6 is 0 Å². The smallest absolute Gasteiger partial charge is 0.254 e. The molecule has 0 bridgehead atoms. The molecule has 39 heavy (non-hydrogen) atoms. The molecule has 9 nitrogen and oxygen atoms in total. The summed E-state index contributed by atoms with van der Waals surface area (Å²) >= 11 is 0. The second-order valence-electron chi connectivity index (χ2n) is 10.2. The third-order valence-corrected chi connectivity index (χ3v) is 7.11. The number of likely N-dealkylation sites (tertiary alicyclic amines) is 1. The van der Waals surface area contributed by atoms with Crippen molar-refractivity contribution in [1.82, 2.24) is 19.6 Å². The molecule has 9 heteroatoms. The molecule has 1 saturated heterocycles. The highest BCUT2D eigenvalue weighted by atomic mass is 16.5. The maximum atomic E-state index is 13.9. The summed E-state index contributed by atoms with van der Waals surface area (Å²) in [5.41, 5.74) is 2.09. The van der Waals surface area contributed by atoms with Gasteiger partial charge in [0, 0.05) is 37.0 Å². The summed E-state index contributed by atoms with van der Waals surface area (Å²) in [7, 11) is 1.51. The lowest BCUT2D eigenvalue weighted by Gasteiger charge is -2.29. The van der Waals surface area contributed by atoms with Crippen molar-refractivity contribution in [3.8, 4) is 11.6 Å². The number of β-amino-alcohol motifs (C(OH)–C–C–N with tert-alkyl or cyclic N) is 1. The Labute approximate surface area is 228 Å². The molecule has 2 aromatic heterocycles. The Bertz CT molecular complexity index is 1380. The molecule has 4 aromatic rings. The van der Waals surface area contributed by atoms with E-state index in [2.05, 4.69) is 10.1 Å². The third kappa shape index (κ3) is 5.83. The molecular weight excluding hydrogens is 496 g/mol. The van der Waals surface area contributed by atoms with Crippen LogP contribution in [0, 0.1) is 5.92 Å². The maximum Gasteiger partial charge on any atom is 0.254 e. The predicted octanol–water partition coefficient (Wildman–Crippen LogP) is 4.58. The second kappa shape index (κ2) is 11.7. The van der Waals surface area contributed by atoms with E-state index < -0.39 is 12.0 Å². The zero-order chi connectivity index (χ0) is 27.4. The monoisotopic (exact) mass is 530 g/mol. The molecule has 1 N–H and O–H groups in total. The number of amides is 1. The van der Waals surface area contributed by atoms with Gasteiger partial charge in [-0.15, -0.1) is 0 Å². The highest BCUT2D eigenvalue weighted by Gasteiger charge is 2.42. The summed E-state index contributed by atoms with van der Waals surface area (Å²) in [6.07, 6.45) is 3.39. The number of nitrogens with zero attached hydrogens (tertiary/aromatic N) is 4. The third-order valence-electron chi connectivity index (χ3n) is 7.11. The quantitative estimate of drug-likeness (QED) is 0.320. The van der Waals surface area contributed by atoms with E-state index in [-0.39, 0.29) is 24.4 Å². The number of aliphatic hydroxyl groups excluding tert-OH is 1. The van der Waals surface area contributed by atoms with Gasteiger partial charge in [0.25, 0.3) is 5.88 Å². The van der Waals surface area contributed by atoms with E-state index in [9.17, 15) is 9.90 Å². The molecule has 3 atom stereocenters. The zero-order valence-electron chi connectivity index (χ0n) is 22.4. The molecule has 1 fully saturated rings. The van der Waals surface area contributed by atoms with Crippen molar-refractivity contribution in [2.75, 3.05) is 13.7 Å². The van der Waals surface area contributed by atoms with Crippen molar-refractivity contribution in [3.63, 3.8) is 0 Å². The molecular formula is C30H34N4O5. The molecule has 3 heterocycles. The summed E-state index contributed by atoms with van der Waals surface area (Å²) in [6.45, 7) is 5.14. The normalized spacial score (nSPS) is 17.9. The molecule has 2 aromatic carbocycles. The topological polar surface area (TPSA) is 103 Å². The molecule has 0 spiro atoms. The van der Waals surface area contributed by atoms with Crippen LogP contribution in [0.4, 0.5) is 0 Å². The van der Waals surface area contributed by atoms with Crippen molar-refractivity contribution in [3.05, 3.63) is 95.8 Å². The number of ether oxygens (including phenoxy) is 2. The van der Waals surface area contributed by atoms with Gasteiger partial charge in [-0.1, -0.05) is 62.4 Å². The van der Waals surface area contributed by atoms with Gasteiger partial charge in [-0.3, -0.25) is 4.79 Å². The van der Waals surface area contributed by atoms with Crippen molar-refractivity contribution < 1.29 is 23.9 Å². The average molecular weight is 531 g/mol. The first-order valence-electron chi connectivity index (χ1n) is 13.2. The van der Waals surface area contributed by atoms with Crippen LogP contribution in [-0.2, 0) is 17.9 Å². The Kier molecular flexibility index (Phi) is 7.97. The predicted molar refractivity (Wildman–Crippen MR) is 144 cm³/mol. The fourth-order valence-corrected chi connectivity index (χ4v) is 5.18. The molecule has 1 aliphatic rings. The lowest BCUT2D eigenvalue weighted by Crippen LogP contribution is -2.38. The van der Waals surface area contributed by atoms with Crippen LogP contribution < -0.4 is 9.47 Å². The minimum atomic E-state index is -0.650. The van der Waals surface area contributed by atoms with Crippen LogP contribution in [0.2, 0.25) is 0 Å². The van der Waals surface area contributed by atoms with Gasteiger partial charge < -0.3 is 28.6 Å². The highest BCUT2D eigenvalue weighted by molar-refractivity contribution is 5.84. The Hall–Kier alpha value is -4.11. The summed E-state index contributed by atoms with van der Waals surface area (Å²) in [6, 6.07) is 19.2. The van der Waals surface area contributed by atoms with E-state index in [1.165, 1.54) is 7.11 Å². The van der Waals surface area contributed by atoms with Crippen molar-refractivity contribution in [2.24, 2.45) is 5.92 Å². The average Bonchev–Trinajstić information content (AvgIpc) is 3.68. The van der Waals surface area contributed by atoms with E-state index in [4.69, 9.17) is 14.0 Å². The van der Waals surface area contributed by atoms with Crippen molar-refractivity contribution >= 4 is 5.91 Å². The lowest BCUT2D eigenvalue weighted by atomic mass is 9.91. The van der Waals surface area contributed by atoms with Crippen molar-refractivity contribution in [2.45, 2.75) is 51.5 Å².